The Balaban J connectivity index is 1.18. The minimum Gasteiger partial charge on any atom is -0.392 e. The third-order valence-electron chi connectivity index (χ3n) is 10.1. The van der Waals surface area contributed by atoms with Crippen molar-refractivity contribution in [2.75, 3.05) is 13.6 Å². The molecule has 0 aliphatic carbocycles. The number of benzene rings is 5. The van der Waals surface area contributed by atoms with Crippen LogP contribution in [0, 0.1) is 5.92 Å². The summed E-state index contributed by atoms with van der Waals surface area (Å²) in [5, 5.41) is 26.7. The maximum Gasteiger partial charge on any atom is 0.315 e. The van der Waals surface area contributed by atoms with Gasteiger partial charge in [0.2, 0.25) is 0 Å². The number of nitrogens with one attached hydrogen (secondary N) is 2. The molecule has 5 aromatic carbocycles. The lowest BCUT2D eigenvalue weighted by Crippen LogP contribution is -2.46. The summed E-state index contributed by atoms with van der Waals surface area (Å²) in [7, 11) is 2.03. The zero-order chi connectivity index (χ0) is 36.5. The molecule has 4 N–H and O–H groups in total. The van der Waals surface area contributed by atoms with E-state index < -0.39 is 12.4 Å². The minimum absolute atomic E-state index is 0.00278. The van der Waals surface area contributed by atoms with Gasteiger partial charge in [0.25, 0.3) is 0 Å². The molecule has 6 atom stereocenters. The van der Waals surface area contributed by atoms with Crippen molar-refractivity contribution in [3.63, 3.8) is 0 Å². The Hall–Kier alpha value is -4.83. The van der Waals surface area contributed by atoms with Crippen LogP contribution in [-0.2, 0) is 29.2 Å². The SMILES string of the molecule is C[C@H]1[C@@H](CN(C)[C@@H](C)[C@H](O)c2ccccc2)O[C@@H](c2cccc(-c3cccc(CNC(=O)NCc4ccccc4)c3)c2)O[C@H]1c1ccc(CO)cc1. The first-order valence-corrected chi connectivity index (χ1v) is 18.0. The fourth-order valence-corrected chi connectivity index (χ4v) is 6.70. The fourth-order valence-electron chi connectivity index (χ4n) is 6.70. The van der Waals surface area contributed by atoms with Gasteiger partial charge in [-0.25, -0.2) is 4.79 Å². The van der Waals surface area contributed by atoms with E-state index >= 15 is 0 Å². The highest BCUT2D eigenvalue weighted by molar-refractivity contribution is 5.74. The molecule has 0 spiro atoms. The average Bonchev–Trinajstić information content (AvgIpc) is 3.20. The van der Waals surface area contributed by atoms with E-state index in [1.807, 2.05) is 123 Å². The molecule has 0 saturated carbocycles. The number of carbonyl (C=O) groups excluding carboxylic acids is 1. The van der Waals surface area contributed by atoms with Crippen LogP contribution in [0.3, 0.4) is 0 Å². The van der Waals surface area contributed by atoms with Crippen molar-refractivity contribution in [1.82, 2.24) is 15.5 Å². The lowest BCUT2D eigenvalue weighted by Gasteiger charge is -2.43. The van der Waals surface area contributed by atoms with E-state index in [2.05, 4.69) is 46.7 Å². The molecule has 1 aliphatic heterocycles. The van der Waals surface area contributed by atoms with E-state index in [1.165, 1.54) is 0 Å². The molecule has 1 saturated heterocycles. The summed E-state index contributed by atoms with van der Waals surface area (Å²) >= 11 is 0. The smallest absolute Gasteiger partial charge is 0.315 e. The van der Waals surface area contributed by atoms with Crippen molar-refractivity contribution in [1.29, 1.82) is 0 Å². The normalized spacial score (nSPS) is 19.9. The van der Waals surface area contributed by atoms with Crippen molar-refractivity contribution < 1.29 is 24.5 Å². The highest BCUT2D eigenvalue weighted by atomic mass is 16.7. The van der Waals surface area contributed by atoms with Crippen LogP contribution in [0.25, 0.3) is 11.1 Å². The predicted molar refractivity (Wildman–Crippen MR) is 204 cm³/mol. The number of likely N-dealkylation sites (N-methyl/N-ethyl adjacent to an activating group) is 1. The van der Waals surface area contributed by atoms with E-state index in [0.29, 0.717) is 19.6 Å². The standard InChI is InChI=1S/C44H49N3O5/c1-30-40(28-47(3)31(2)41(49)35-15-8-5-9-16-35)51-43(52-42(30)36-22-20-33(29-48)21-23-36)39-19-11-18-38(25-39)37-17-10-14-34(24-37)27-46-44(50)45-26-32-12-6-4-7-13-32/h4-25,30-31,40-43,48-49H,26-29H2,1-3H3,(H2,45,46,50)/t30-,31-,40+,41-,42+,43+/m0/s1. The minimum atomic E-state index is -0.648. The monoisotopic (exact) mass is 699 g/mol. The van der Waals surface area contributed by atoms with Gasteiger partial charge in [0, 0.05) is 37.2 Å². The van der Waals surface area contributed by atoms with Crippen LogP contribution in [0.1, 0.15) is 65.7 Å². The molecule has 8 nitrogen and oxygen atoms in total. The Labute approximate surface area is 307 Å². The first-order chi connectivity index (χ1) is 25.3. The summed E-state index contributed by atoms with van der Waals surface area (Å²) in [4.78, 5) is 14.7. The molecule has 1 heterocycles. The molecule has 0 unspecified atom stereocenters. The third-order valence-corrected chi connectivity index (χ3v) is 10.1. The largest absolute Gasteiger partial charge is 0.392 e. The van der Waals surface area contributed by atoms with Gasteiger partial charge < -0.3 is 30.3 Å². The maximum absolute atomic E-state index is 12.5. The number of ether oxygens (including phenoxy) is 2. The van der Waals surface area contributed by atoms with Gasteiger partial charge in [-0.15, -0.1) is 0 Å². The summed E-state index contributed by atoms with van der Waals surface area (Å²) in [5.74, 6) is -0.00278. The molecular weight excluding hydrogens is 651 g/mol. The number of aliphatic hydroxyl groups is 2. The molecule has 1 fully saturated rings. The van der Waals surface area contributed by atoms with Crippen LogP contribution >= 0.6 is 0 Å². The maximum atomic E-state index is 12.5. The van der Waals surface area contributed by atoms with E-state index in [-0.39, 0.29) is 36.8 Å². The Kier molecular flexibility index (Phi) is 12.5. The van der Waals surface area contributed by atoms with Crippen molar-refractivity contribution in [3.8, 4) is 11.1 Å². The lowest BCUT2D eigenvalue weighted by molar-refractivity contribution is -0.276. The van der Waals surface area contributed by atoms with Crippen LogP contribution in [0.2, 0.25) is 0 Å². The van der Waals surface area contributed by atoms with Crippen molar-refractivity contribution in [2.45, 2.75) is 64.2 Å². The van der Waals surface area contributed by atoms with Gasteiger partial charge in [-0.1, -0.05) is 128 Å². The van der Waals surface area contributed by atoms with Crippen molar-refractivity contribution in [3.05, 3.63) is 167 Å². The summed E-state index contributed by atoms with van der Waals surface area (Å²) in [6.45, 7) is 5.61. The molecule has 0 aromatic heterocycles. The zero-order valence-electron chi connectivity index (χ0n) is 30.1. The Bertz CT molecular complexity index is 1870. The average molecular weight is 700 g/mol. The second-order valence-corrected chi connectivity index (χ2v) is 13.7. The molecule has 52 heavy (non-hydrogen) atoms. The summed E-state index contributed by atoms with van der Waals surface area (Å²) in [5.41, 5.74) is 7.70. The molecule has 270 valence electrons. The number of nitrogens with zero attached hydrogens (tertiary/aromatic N) is 1. The molecule has 0 radical (unpaired) electrons. The number of aliphatic hydroxyl groups excluding tert-OH is 2. The Morgan fingerprint density at radius 1 is 0.731 bits per heavy atom. The van der Waals surface area contributed by atoms with Gasteiger partial charge in [-0.3, -0.25) is 4.90 Å². The van der Waals surface area contributed by atoms with E-state index in [4.69, 9.17) is 9.47 Å². The van der Waals surface area contributed by atoms with Gasteiger partial charge in [-0.05, 0) is 65.0 Å². The molecule has 6 rings (SSSR count). The van der Waals surface area contributed by atoms with Crippen LogP contribution < -0.4 is 10.6 Å². The van der Waals surface area contributed by atoms with E-state index in [0.717, 1.165) is 44.5 Å². The first-order valence-electron chi connectivity index (χ1n) is 18.0. The summed E-state index contributed by atoms with van der Waals surface area (Å²) in [6, 6.07) is 43.5. The summed E-state index contributed by atoms with van der Waals surface area (Å²) < 4.78 is 13.5. The van der Waals surface area contributed by atoms with Crippen molar-refractivity contribution >= 4 is 6.03 Å². The van der Waals surface area contributed by atoms with Crippen LogP contribution in [0.4, 0.5) is 4.79 Å². The van der Waals surface area contributed by atoms with Gasteiger partial charge in [-0.2, -0.15) is 0 Å². The lowest BCUT2D eigenvalue weighted by atomic mass is 9.89. The third kappa shape index (κ3) is 9.33. The molecular formula is C44H49N3O5. The molecule has 0 bridgehead atoms. The highest BCUT2D eigenvalue weighted by Gasteiger charge is 2.39. The van der Waals surface area contributed by atoms with E-state index in [1.54, 1.807) is 0 Å². The number of amides is 2. The topological polar surface area (TPSA) is 103 Å². The first kappa shape index (κ1) is 36.9. The zero-order valence-corrected chi connectivity index (χ0v) is 30.1. The Morgan fingerprint density at radius 3 is 2.04 bits per heavy atom. The quantitative estimate of drug-likeness (QED) is 0.101. The van der Waals surface area contributed by atoms with Crippen LogP contribution in [0.15, 0.2) is 133 Å². The van der Waals surface area contributed by atoms with Crippen molar-refractivity contribution in [2.24, 2.45) is 5.92 Å². The number of hydrogen-bond acceptors (Lipinski definition) is 6. The van der Waals surface area contributed by atoms with Gasteiger partial charge in [0.05, 0.1) is 24.9 Å². The van der Waals surface area contributed by atoms with E-state index in [9.17, 15) is 15.0 Å². The second-order valence-electron chi connectivity index (χ2n) is 13.7. The van der Waals surface area contributed by atoms with Crippen LogP contribution in [-0.4, -0.2) is 46.9 Å². The second kappa shape index (κ2) is 17.6. The number of rotatable bonds is 13. The Morgan fingerprint density at radius 2 is 1.35 bits per heavy atom. The van der Waals surface area contributed by atoms with Gasteiger partial charge in [0.15, 0.2) is 6.29 Å². The molecule has 8 heteroatoms. The molecule has 1 aliphatic rings. The molecule has 2 amide bonds. The van der Waals surface area contributed by atoms with Gasteiger partial charge in [0.1, 0.15) is 0 Å². The summed E-state index contributed by atoms with van der Waals surface area (Å²) in [6.07, 6.45) is -1.75. The number of carbonyl (C=O) groups is 1. The molecule has 5 aromatic rings. The predicted octanol–water partition coefficient (Wildman–Crippen LogP) is 7.69. The van der Waals surface area contributed by atoms with Gasteiger partial charge >= 0.3 is 6.03 Å². The fraction of sp³-hybridized carbons (Fsp3) is 0.295. The van der Waals surface area contributed by atoms with Crippen LogP contribution in [0.5, 0.6) is 0 Å². The number of hydrogen-bond donors (Lipinski definition) is 4. The number of urea groups is 1. The highest BCUT2D eigenvalue weighted by Crippen LogP contribution is 2.42.